The molecule has 1 saturated heterocycles. The van der Waals surface area contributed by atoms with Crippen molar-refractivity contribution in [3.05, 3.63) is 29.6 Å². The van der Waals surface area contributed by atoms with Crippen molar-refractivity contribution in [2.24, 2.45) is 0 Å². The monoisotopic (exact) mass is 286 g/mol. The van der Waals surface area contributed by atoms with Crippen molar-refractivity contribution >= 4 is 11.6 Å². The van der Waals surface area contributed by atoms with E-state index in [1.165, 1.54) is 17.0 Å². The molecule has 1 aromatic carbocycles. The summed E-state index contributed by atoms with van der Waals surface area (Å²) in [5.41, 5.74) is 0.624. The van der Waals surface area contributed by atoms with Crippen LogP contribution in [0.5, 0.6) is 0 Å². The lowest BCUT2D eigenvalue weighted by atomic mass is 10.0. The molecule has 0 saturated carbocycles. The maximum Gasteiger partial charge on any atom is 0.256 e. The first kappa shape index (κ1) is 14.7. The van der Waals surface area contributed by atoms with Crippen molar-refractivity contribution in [1.29, 1.82) is 0 Å². The van der Waals surface area contributed by atoms with Crippen LogP contribution in [0.25, 0.3) is 0 Å². The van der Waals surface area contributed by atoms with Gasteiger partial charge in [-0.2, -0.15) is 0 Å². The average Bonchev–Trinajstić information content (AvgIpc) is 2.38. The molecular weight excluding hydrogens is 269 g/mol. The summed E-state index contributed by atoms with van der Waals surface area (Å²) in [6.45, 7) is -0.0884. The van der Waals surface area contributed by atoms with Crippen LogP contribution < -0.4 is 4.90 Å². The zero-order chi connectivity index (χ0) is 14.9. The Hall–Kier alpha value is -1.72. The number of carbonyl (C=O) groups is 1. The number of hydrogen-bond donors (Lipinski definition) is 0. The van der Waals surface area contributed by atoms with Gasteiger partial charge in [0.1, 0.15) is 5.82 Å². The Morgan fingerprint density at radius 1 is 1.25 bits per heavy atom. The minimum absolute atomic E-state index is 0.0442. The van der Waals surface area contributed by atoms with Crippen LogP contribution in [0.1, 0.15) is 23.2 Å². The highest BCUT2D eigenvalue weighted by molar-refractivity contribution is 5.95. The van der Waals surface area contributed by atoms with Gasteiger partial charge < -0.3 is 9.80 Å². The molecule has 1 amide bonds. The molecule has 0 aromatic heterocycles. The van der Waals surface area contributed by atoms with E-state index >= 15 is 0 Å². The molecule has 0 spiro atoms. The molecule has 0 bridgehead atoms. The van der Waals surface area contributed by atoms with Gasteiger partial charge in [0.15, 0.2) is 0 Å². The number of carbonyl (C=O) groups excluding carboxylic acids is 1. The van der Waals surface area contributed by atoms with Crippen molar-refractivity contribution in [3.63, 3.8) is 0 Å². The Morgan fingerprint density at radius 3 is 2.40 bits per heavy atom. The molecule has 20 heavy (non-hydrogen) atoms. The van der Waals surface area contributed by atoms with Gasteiger partial charge in [-0.1, -0.05) is 0 Å². The first-order valence-electron chi connectivity index (χ1n) is 6.44. The number of amides is 1. The number of anilines is 1. The number of alkyl halides is 2. The molecule has 0 atom stereocenters. The molecule has 0 aliphatic carbocycles. The largest absolute Gasteiger partial charge is 0.378 e. The third-order valence-corrected chi connectivity index (χ3v) is 3.48. The lowest BCUT2D eigenvalue weighted by Gasteiger charge is -2.32. The highest BCUT2D eigenvalue weighted by Gasteiger charge is 2.36. The van der Waals surface area contributed by atoms with Crippen molar-refractivity contribution < 1.29 is 18.0 Å². The zero-order valence-electron chi connectivity index (χ0n) is 11.5. The van der Waals surface area contributed by atoms with Crippen molar-refractivity contribution in [3.8, 4) is 0 Å². The lowest BCUT2D eigenvalue weighted by molar-refractivity contribution is -0.0494. The molecule has 110 valence electrons. The van der Waals surface area contributed by atoms with E-state index in [1.807, 2.05) is 0 Å². The fourth-order valence-electron chi connectivity index (χ4n) is 2.16. The van der Waals surface area contributed by atoms with E-state index in [4.69, 9.17) is 0 Å². The normalized spacial score (nSPS) is 17.9. The molecule has 2 rings (SSSR count). The lowest BCUT2D eigenvalue weighted by Crippen LogP contribution is -2.43. The second kappa shape index (κ2) is 5.34. The van der Waals surface area contributed by atoms with Crippen LogP contribution >= 0.6 is 0 Å². The third kappa shape index (κ3) is 3.05. The minimum atomic E-state index is -2.72. The highest BCUT2D eigenvalue weighted by atomic mass is 19.3. The van der Waals surface area contributed by atoms with Gasteiger partial charge in [-0.05, 0) is 18.2 Å². The second-order valence-electron chi connectivity index (χ2n) is 5.21. The summed E-state index contributed by atoms with van der Waals surface area (Å²) in [5, 5.41) is 0. The summed E-state index contributed by atoms with van der Waals surface area (Å²) >= 11 is 0. The van der Waals surface area contributed by atoms with Gasteiger partial charge in [-0.25, -0.2) is 13.2 Å². The smallest absolute Gasteiger partial charge is 0.256 e. The summed E-state index contributed by atoms with van der Waals surface area (Å²) in [7, 11) is 3.56. The van der Waals surface area contributed by atoms with Crippen molar-refractivity contribution in [2.45, 2.75) is 18.8 Å². The number of nitrogens with zero attached hydrogens (tertiary/aromatic N) is 2. The Labute approximate surface area is 116 Å². The van der Waals surface area contributed by atoms with E-state index in [0.29, 0.717) is 5.69 Å². The van der Waals surface area contributed by atoms with Gasteiger partial charge in [-0.3, -0.25) is 4.79 Å². The van der Waals surface area contributed by atoms with Crippen LogP contribution in [0, 0.1) is 5.82 Å². The SMILES string of the molecule is CN(C)c1ccc(F)c(C(=O)N2CCC(F)(F)CC2)c1. The number of benzene rings is 1. The fourth-order valence-corrected chi connectivity index (χ4v) is 2.16. The van der Waals surface area contributed by atoms with E-state index in [-0.39, 0.29) is 31.5 Å². The van der Waals surface area contributed by atoms with Gasteiger partial charge in [-0.15, -0.1) is 0 Å². The van der Waals surface area contributed by atoms with E-state index in [1.54, 1.807) is 25.1 Å². The van der Waals surface area contributed by atoms with Crippen LogP contribution in [0.15, 0.2) is 18.2 Å². The van der Waals surface area contributed by atoms with Gasteiger partial charge in [0.2, 0.25) is 0 Å². The predicted octanol–water partition coefficient (Wildman–Crippen LogP) is 2.76. The molecular formula is C14H17F3N2O. The Bertz CT molecular complexity index is 507. The maximum atomic E-state index is 13.8. The molecule has 0 radical (unpaired) electrons. The number of piperidine rings is 1. The van der Waals surface area contributed by atoms with Gasteiger partial charge >= 0.3 is 0 Å². The van der Waals surface area contributed by atoms with Crippen LogP contribution in [0.4, 0.5) is 18.9 Å². The molecule has 6 heteroatoms. The Balaban J connectivity index is 2.19. The Morgan fingerprint density at radius 2 is 1.85 bits per heavy atom. The topological polar surface area (TPSA) is 23.6 Å². The molecule has 0 unspecified atom stereocenters. The van der Waals surface area contributed by atoms with Gasteiger partial charge in [0.25, 0.3) is 11.8 Å². The predicted molar refractivity (Wildman–Crippen MR) is 70.8 cm³/mol. The van der Waals surface area contributed by atoms with E-state index in [2.05, 4.69) is 0 Å². The van der Waals surface area contributed by atoms with Crippen LogP contribution in [0.2, 0.25) is 0 Å². The molecule has 1 aliphatic rings. The highest BCUT2D eigenvalue weighted by Crippen LogP contribution is 2.29. The molecule has 3 nitrogen and oxygen atoms in total. The van der Waals surface area contributed by atoms with Gasteiger partial charge in [0.05, 0.1) is 5.56 Å². The summed E-state index contributed by atoms with van der Waals surface area (Å²) in [6.07, 6.45) is -0.735. The summed E-state index contributed by atoms with van der Waals surface area (Å²) in [5.74, 6) is -3.87. The zero-order valence-corrected chi connectivity index (χ0v) is 11.5. The van der Waals surface area contributed by atoms with E-state index in [0.717, 1.165) is 0 Å². The van der Waals surface area contributed by atoms with Crippen LogP contribution in [0.3, 0.4) is 0 Å². The first-order valence-corrected chi connectivity index (χ1v) is 6.44. The summed E-state index contributed by atoms with van der Waals surface area (Å²) in [4.78, 5) is 15.3. The fraction of sp³-hybridized carbons (Fsp3) is 0.500. The van der Waals surface area contributed by atoms with Crippen molar-refractivity contribution in [2.75, 3.05) is 32.1 Å². The molecule has 1 fully saturated rings. The van der Waals surface area contributed by atoms with E-state index < -0.39 is 17.6 Å². The quantitative estimate of drug-likeness (QED) is 0.834. The number of likely N-dealkylation sites (tertiary alicyclic amines) is 1. The summed E-state index contributed by atoms with van der Waals surface area (Å²) in [6, 6.07) is 4.24. The Kier molecular flexibility index (Phi) is 3.92. The average molecular weight is 286 g/mol. The van der Waals surface area contributed by atoms with Crippen LogP contribution in [-0.4, -0.2) is 43.9 Å². The van der Waals surface area contributed by atoms with Crippen molar-refractivity contribution in [1.82, 2.24) is 4.90 Å². The van der Waals surface area contributed by atoms with Crippen LogP contribution in [-0.2, 0) is 0 Å². The second-order valence-corrected chi connectivity index (χ2v) is 5.21. The molecule has 1 aliphatic heterocycles. The molecule has 1 aromatic rings. The number of rotatable bonds is 2. The maximum absolute atomic E-state index is 13.8. The number of halogens is 3. The standard InChI is InChI=1S/C14H17F3N2O/c1-18(2)10-3-4-12(15)11(9-10)13(20)19-7-5-14(16,17)6-8-19/h3-4,9H,5-8H2,1-2H3. The number of hydrogen-bond acceptors (Lipinski definition) is 2. The first-order chi connectivity index (χ1) is 9.30. The third-order valence-electron chi connectivity index (χ3n) is 3.48. The molecule has 0 N–H and O–H groups in total. The minimum Gasteiger partial charge on any atom is -0.378 e. The molecule has 1 heterocycles. The van der Waals surface area contributed by atoms with Gasteiger partial charge in [0, 0.05) is 45.7 Å². The summed E-state index contributed by atoms with van der Waals surface area (Å²) < 4.78 is 39.9. The van der Waals surface area contributed by atoms with E-state index in [9.17, 15) is 18.0 Å².